The molecule has 3 saturated heterocycles. The summed E-state index contributed by atoms with van der Waals surface area (Å²) in [6.45, 7) is 21.0. The topological polar surface area (TPSA) is 109 Å². The molecule has 3 aliphatic heterocycles. The summed E-state index contributed by atoms with van der Waals surface area (Å²) in [5.41, 5.74) is 0. The first-order valence-electron chi connectivity index (χ1n) is 19.4. The molecule has 3 rings (SSSR count). The van der Waals surface area contributed by atoms with Gasteiger partial charge in [0.1, 0.15) is 0 Å². The van der Waals surface area contributed by atoms with E-state index in [1.807, 2.05) is 20.8 Å². The molecule has 4 N–H and O–H groups in total. The van der Waals surface area contributed by atoms with Gasteiger partial charge in [-0.2, -0.15) is 13.3 Å². The predicted octanol–water partition coefficient (Wildman–Crippen LogP) is 8.09. The van der Waals surface area contributed by atoms with Crippen LogP contribution < -0.4 is 0 Å². The number of aliphatic hydroxyl groups excluding tert-OH is 4. The normalized spacial score (nSPS) is 33.1. The number of alkyl halides is 4. The maximum Gasteiger partial charge on any atom is 2.00 e. The third-order valence-corrected chi connectivity index (χ3v) is 19.0. The van der Waals surface area contributed by atoms with Crippen molar-refractivity contribution in [2.45, 2.75) is 135 Å². The van der Waals surface area contributed by atoms with Crippen LogP contribution in [0.3, 0.4) is 0 Å². The third-order valence-electron chi connectivity index (χ3n) is 9.48. The van der Waals surface area contributed by atoms with Crippen molar-refractivity contribution in [2.24, 2.45) is 0 Å². The molecule has 0 saturated carbocycles. The van der Waals surface area contributed by atoms with Crippen LogP contribution in [0.5, 0.6) is 0 Å². The van der Waals surface area contributed by atoms with Gasteiger partial charge in [0.25, 0.3) is 0 Å². The van der Waals surface area contributed by atoms with Gasteiger partial charge in [0.05, 0.1) is 69.1 Å². The molecule has 0 aliphatic carbocycles. The summed E-state index contributed by atoms with van der Waals surface area (Å²) in [4.78, 5) is 0.0822. The van der Waals surface area contributed by atoms with Crippen LogP contribution in [0, 0.1) is 44.0 Å². The van der Waals surface area contributed by atoms with Gasteiger partial charge in [0, 0.05) is 0 Å². The van der Waals surface area contributed by atoms with Gasteiger partial charge in [-0.15, -0.1) is 64.3 Å². The molecule has 334 valence electrons. The minimum Gasteiger partial charge on any atom is -0.425 e. The summed E-state index contributed by atoms with van der Waals surface area (Å²) in [5, 5.41) is 38.5. The second-order valence-corrected chi connectivity index (χ2v) is 38.5. The first-order valence-corrected chi connectivity index (χ1v) is 34.2. The Hall–Kier alpha value is 3.40. The molecule has 0 aromatic heterocycles. The molecular formula is C40H80BrClFIO7P4U. The molecule has 0 bridgehead atoms. The summed E-state index contributed by atoms with van der Waals surface area (Å²) >= 11 is 11.7. The van der Waals surface area contributed by atoms with Crippen LogP contribution in [0.4, 0.5) is 4.39 Å². The van der Waals surface area contributed by atoms with Crippen LogP contribution in [-0.4, -0.2) is 205 Å². The van der Waals surface area contributed by atoms with Crippen molar-refractivity contribution in [1.29, 1.82) is 0 Å². The number of hydrogen-bond acceptors (Lipinski definition) is 7. The van der Waals surface area contributed by atoms with Crippen molar-refractivity contribution in [1.82, 2.24) is 0 Å². The van der Waals surface area contributed by atoms with Gasteiger partial charge < -0.3 is 34.6 Å². The molecule has 0 radical (unpaired) electrons. The second-order valence-electron chi connectivity index (χ2n) is 18.2. The van der Waals surface area contributed by atoms with E-state index in [1.54, 1.807) is 13.3 Å². The van der Waals surface area contributed by atoms with Crippen molar-refractivity contribution in [3.8, 4) is 0 Å². The van der Waals surface area contributed by atoms with E-state index in [4.69, 9.17) is 25.8 Å². The van der Waals surface area contributed by atoms with Crippen molar-refractivity contribution in [2.75, 3.05) is 78.0 Å². The molecule has 0 unspecified atom stereocenters. The minimum atomic E-state index is -1.23. The molecule has 0 aromatic rings. The maximum atomic E-state index is 12.8. The zero-order valence-electron chi connectivity index (χ0n) is 36.5. The summed E-state index contributed by atoms with van der Waals surface area (Å²) in [6.07, 6.45) is 24.1. The van der Waals surface area contributed by atoms with Crippen molar-refractivity contribution in [3.63, 3.8) is 0 Å². The Kier molecular flexibility index (Phi) is 31.1. The fourth-order valence-corrected chi connectivity index (χ4v) is 10.8. The largest absolute Gasteiger partial charge is 2.00 e. The van der Waals surface area contributed by atoms with Gasteiger partial charge in [-0.25, -0.2) is 0 Å². The number of halogens is 4. The van der Waals surface area contributed by atoms with Gasteiger partial charge >= 0.3 is 31.1 Å². The Morgan fingerprint density at radius 1 is 0.696 bits per heavy atom. The number of rotatable bonds is 15. The molecule has 14 atom stereocenters. The zero-order valence-corrected chi connectivity index (χ0v) is 48.8. The number of ether oxygens (including phenoxy) is 3. The Bertz CT molecular complexity index is 1170. The van der Waals surface area contributed by atoms with E-state index in [1.165, 1.54) is 6.42 Å². The van der Waals surface area contributed by atoms with E-state index in [2.05, 4.69) is 117 Å². The Labute approximate surface area is 394 Å². The first-order chi connectivity index (χ1) is 24.8. The van der Waals surface area contributed by atoms with Crippen molar-refractivity contribution in [3.05, 3.63) is 12.8 Å². The van der Waals surface area contributed by atoms with Crippen LogP contribution >= 0.6 is 77.7 Å². The van der Waals surface area contributed by atoms with E-state index >= 15 is 0 Å². The van der Waals surface area contributed by atoms with Crippen LogP contribution in [-0.2, 0) is 14.2 Å². The standard InChI is InChI=1S/C10H20BrO2P.C10H20ClO2P.C10H20FOP.C10H20IO2P.U/c2*1-7-9(11)10(12)8(13-7)5-6-14(2,3)4;1-5-9(11)10(12)7-6-8-13(2,3)4;1-7-9(11)10(12)8(13-7)5-6-14(2,3)4;/h2*7-10,12H,2,5-6H2,1,3-4H3;5,7,9-10,12H,2,6,8H2,1,3-4H3;7-10,12H,2,5-6H2,1,3-4H3;/q;;-2;;+2/t2*7-,8+,9-,10+;9-,10+;7-,8+,9-,10+;/m0000./s1. The molecule has 3 fully saturated rings. The quantitative estimate of drug-likeness (QED) is 0.0569. The average Bonchev–Trinajstić information content (AvgIpc) is 3.56. The molecule has 0 spiro atoms. The van der Waals surface area contributed by atoms with Crippen LogP contribution in [0.15, 0.2) is 0 Å². The molecule has 3 aliphatic rings. The predicted molar refractivity (Wildman–Crippen MR) is 268 cm³/mol. The number of hydrogen-bond donors (Lipinski definition) is 4. The van der Waals surface area contributed by atoms with E-state index < -0.39 is 45.9 Å². The second kappa shape index (κ2) is 28.3. The Morgan fingerprint density at radius 3 is 1.34 bits per heavy atom. The van der Waals surface area contributed by atoms with E-state index in [0.717, 1.165) is 50.3 Å². The molecular weight excluding hydrogens is 1220 g/mol. The van der Waals surface area contributed by atoms with Gasteiger partial charge in [0.15, 0.2) is 0 Å². The molecule has 0 aromatic carbocycles. The fourth-order valence-electron chi connectivity index (χ4n) is 5.81. The SMILES string of the molecule is C=P(C)(C)CC[C@H]1O[C@@H](C)[C@H](Br)[C@@H]1O.C=P(C)(C)CC[C@H]1O[C@@H](C)[C@H](Cl)[C@@H]1O.C=P(C)(C)CC[C@H]1O[C@@H](C)[C@H](I)[C@@H]1O.C=P(C)(C)CC[CH-][C@@H](O)[C@@H](F)[CH-]C.[U+2]. The smallest absolute Gasteiger partial charge is 0.425 e. The van der Waals surface area contributed by atoms with Gasteiger partial charge in [-0.05, 0) is 118 Å². The average molecular weight is 1300 g/mol. The third kappa shape index (κ3) is 26.9. The monoisotopic (exact) mass is 1290 g/mol. The molecule has 7 nitrogen and oxygen atoms in total. The maximum absolute atomic E-state index is 12.8. The Morgan fingerprint density at radius 2 is 1.05 bits per heavy atom. The van der Waals surface area contributed by atoms with E-state index in [9.17, 15) is 24.8 Å². The van der Waals surface area contributed by atoms with E-state index in [0.29, 0.717) is 0 Å². The van der Waals surface area contributed by atoms with Crippen LogP contribution in [0.25, 0.3) is 0 Å². The summed E-state index contributed by atoms with van der Waals surface area (Å²) in [5.74, 6) is 0. The number of aliphatic hydroxyl groups is 4. The van der Waals surface area contributed by atoms with E-state index in [-0.39, 0.29) is 94.1 Å². The molecule has 56 heavy (non-hydrogen) atoms. The Balaban J connectivity index is 0. The molecule has 3 heterocycles. The van der Waals surface area contributed by atoms with Gasteiger partial charge in [-0.3, -0.25) is 17.2 Å². The fraction of sp³-hybridized carbons (Fsp3) is 0.850. The van der Waals surface area contributed by atoms with Crippen LogP contribution in [0.1, 0.15) is 53.4 Å². The summed E-state index contributed by atoms with van der Waals surface area (Å²) in [6, 6.07) is 0. The summed E-state index contributed by atoms with van der Waals surface area (Å²) < 4.78 is 30.0. The van der Waals surface area contributed by atoms with Crippen molar-refractivity contribution >= 4 is 103 Å². The zero-order chi connectivity index (χ0) is 43.3. The minimum absolute atomic E-state index is 0. The first kappa shape index (κ1) is 61.5. The van der Waals surface area contributed by atoms with Gasteiger partial charge in [-0.1, -0.05) is 50.8 Å². The van der Waals surface area contributed by atoms with Crippen molar-refractivity contribution < 1.29 is 70.1 Å². The van der Waals surface area contributed by atoms with Gasteiger partial charge in [0.2, 0.25) is 0 Å². The summed E-state index contributed by atoms with van der Waals surface area (Å²) in [7, 11) is 0. The molecule has 0 amide bonds. The molecule has 16 heteroatoms. The van der Waals surface area contributed by atoms with Crippen LogP contribution in [0.2, 0.25) is 0 Å².